The number of aromatic nitrogens is 2. The Labute approximate surface area is 179 Å². The van der Waals surface area contributed by atoms with Gasteiger partial charge in [0.05, 0.1) is 34.8 Å². The van der Waals surface area contributed by atoms with Gasteiger partial charge in [-0.2, -0.15) is 5.26 Å². The highest BCUT2D eigenvalue weighted by molar-refractivity contribution is 7.92. The minimum Gasteiger partial charge on any atom is -0.338 e. The van der Waals surface area contributed by atoms with Crippen molar-refractivity contribution < 1.29 is 12.8 Å². The molecule has 2 aromatic heterocycles. The second kappa shape index (κ2) is 7.85. The van der Waals surface area contributed by atoms with E-state index in [0.29, 0.717) is 11.3 Å². The van der Waals surface area contributed by atoms with Gasteiger partial charge in [0.2, 0.25) is 10.0 Å². The fourth-order valence-electron chi connectivity index (χ4n) is 3.62. The predicted octanol–water partition coefficient (Wildman–Crippen LogP) is 4.69. The van der Waals surface area contributed by atoms with Crippen molar-refractivity contribution >= 4 is 26.6 Å². The summed E-state index contributed by atoms with van der Waals surface area (Å²) in [4.78, 5) is 4.43. The molecule has 0 radical (unpaired) electrons. The third-order valence-electron chi connectivity index (χ3n) is 5.07. The second-order valence-electron chi connectivity index (χ2n) is 7.29. The Hall–Kier alpha value is -3.70. The highest BCUT2D eigenvalue weighted by Crippen LogP contribution is 2.36. The van der Waals surface area contributed by atoms with Crippen LogP contribution in [0.1, 0.15) is 24.2 Å². The first kappa shape index (κ1) is 20.6. The SMILES string of the molecule is CC(c1ccccn1)n1cc(-c2ccc(C#N)c(F)c2)c2ccc(NS(C)(=O)=O)cc21. The molecule has 31 heavy (non-hydrogen) atoms. The van der Waals surface area contributed by atoms with Crippen LogP contribution in [-0.2, 0) is 10.0 Å². The molecule has 0 amide bonds. The van der Waals surface area contributed by atoms with Crippen molar-refractivity contribution in [1.82, 2.24) is 9.55 Å². The van der Waals surface area contributed by atoms with E-state index in [1.54, 1.807) is 30.5 Å². The molecular weight excluding hydrogens is 415 g/mol. The summed E-state index contributed by atoms with van der Waals surface area (Å²) in [6.07, 6.45) is 4.71. The first-order chi connectivity index (χ1) is 14.8. The van der Waals surface area contributed by atoms with Crippen LogP contribution in [0.5, 0.6) is 0 Å². The van der Waals surface area contributed by atoms with Gasteiger partial charge in [-0.1, -0.05) is 18.2 Å². The zero-order valence-corrected chi connectivity index (χ0v) is 17.7. The van der Waals surface area contributed by atoms with E-state index in [0.717, 1.165) is 28.4 Å². The molecular formula is C23H19FN4O2S. The minimum atomic E-state index is -3.44. The van der Waals surface area contributed by atoms with Crippen molar-refractivity contribution in [3.63, 3.8) is 0 Å². The van der Waals surface area contributed by atoms with E-state index >= 15 is 0 Å². The van der Waals surface area contributed by atoms with Crippen LogP contribution >= 0.6 is 0 Å². The Bertz CT molecular complexity index is 1420. The molecule has 0 saturated heterocycles. The molecule has 2 aromatic carbocycles. The highest BCUT2D eigenvalue weighted by atomic mass is 32.2. The number of nitrogens with zero attached hydrogens (tertiary/aromatic N) is 3. The standard InChI is InChI=1S/C23H19FN4O2S/c1-15(22-5-3-4-10-26-22)28-14-20(16-6-7-17(13-25)21(24)11-16)19-9-8-18(12-23(19)28)27-31(2,29)30/h3-12,14-15,27H,1-2H3. The molecule has 6 nitrogen and oxygen atoms in total. The maximum atomic E-state index is 14.3. The van der Waals surface area contributed by atoms with E-state index in [4.69, 9.17) is 5.26 Å². The number of benzene rings is 2. The Morgan fingerprint density at radius 2 is 1.97 bits per heavy atom. The van der Waals surface area contributed by atoms with Crippen LogP contribution in [0.3, 0.4) is 0 Å². The normalized spacial score (nSPS) is 12.5. The van der Waals surface area contributed by atoms with Crippen molar-refractivity contribution in [2.75, 3.05) is 11.0 Å². The van der Waals surface area contributed by atoms with E-state index in [9.17, 15) is 12.8 Å². The van der Waals surface area contributed by atoms with Gasteiger partial charge in [-0.3, -0.25) is 9.71 Å². The fraction of sp³-hybridized carbons (Fsp3) is 0.130. The predicted molar refractivity (Wildman–Crippen MR) is 119 cm³/mol. The van der Waals surface area contributed by atoms with E-state index in [1.165, 1.54) is 12.1 Å². The third kappa shape index (κ3) is 4.13. The van der Waals surface area contributed by atoms with Gasteiger partial charge in [-0.25, -0.2) is 12.8 Å². The summed E-state index contributed by atoms with van der Waals surface area (Å²) in [6.45, 7) is 1.99. The number of hydrogen-bond donors (Lipinski definition) is 1. The summed E-state index contributed by atoms with van der Waals surface area (Å²) < 4.78 is 42.2. The molecule has 0 bridgehead atoms. The lowest BCUT2D eigenvalue weighted by molar-refractivity contribution is 0.607. The Balaban J connectivity index is 1.93. The van der Waals surface area contributed by atoms with Gasteiger partial charge < -0.3 is 4.57 Å². The van der Waals surface area contributed by atoms with E-state index in [-0.39, 0.29) is 11.6 Å². The Kier molecular flexibility index (Phi) is 5.21. The number of rotatable bonds is 5. The molecule has 0 saturated carbocycles. The number of nitrogens with one attached hydrogen (secondary N) is 1. The average molecular weight is 434 g/mol. The molecule has 1 unspecified atom stereocenters. The molecule has 2 heterocycles. The molecule has 0 fully saturated rings. The number of pyridine rings is 1. The molecule has 1 atom stereocenters. The summed E-state index contributed by atoms with van der Waals surface area (Å²) >= 11 is 0. The molecule has 0 spiro atoms. The number of anilines is 1. The molecule has 0 aliphatic carbocycles. The van der Waals surface area contributed by atoms with Gasteiger partial charge in [0, 0.05) is 23.3 Å². The topological polar surface area (TPSA) is 87.8 Å². The van der Waals surface area contributed by atoms with Crippen LogP contribution in [0.4, 0.5) is 10.1 Å². The number of nitriles is 1. The average Bonchev–Trinajstić information content (AvgIpc) is 3.11. The number of sulfonamides is 1. The van der Waals surface area contributed by atoms with Crippen LogP contribution < -0.4 is 4.72 Å². The van der Waals surface area contributed by atoms with Gasteiger partial charge in [0.1, 0.15) is 11.9 Å². The van der Waals surface area contributed by atoms with E-state index in [1.807, 2.05) is 42.0 Å². The number of halogens is 1. The van der Waals surface area contributed by atoms with Gasteiger partial charge in [0.15, 0.2) is 0 Å². The van der Waals surface area contributed by atoms with Crippen LogP contribution in [0.15, 0.2) is 67.0 Å². The summed E-state index contributed by atoms with van der Waals surface area (Å²) in [5.41, 5.74) is 3.41. The summed E-state index contributed by atoms with van der Waals surface area (Å²) in [6, 6.07) is 17.0. The largest absolute Gasteiger partial charge is 0.338 e. The van der Waals surface area contributed by atoms with Gasteiger partial charge in [-0.15, -0.1) is 0 Å². The summed E-state index contributed by atoms with van der Waals surface area (Å²) in [5.74, 6) is -0.589. The highest BCUT2D eigenvalue weighted by Gasteiger charge is 2.18. The van der Waals surface area contributed by atoms with Crippen LogP contribution in [0.25, 0.3) is 22.0 Å². The third-order valence-corrected chi connectivity index (χ3v) is 5.68. The smallest absolute Gasteiger partial charge is 0.229 e. The first-order valence-electron chi connectivity index (χ1n) is 9.50. The lowest BCUT2D eigenvalue weighted by atomic mass is 10.0. The monoisotopic (exact) mass is 434 g/mol. The zero-order valence-electron chi connectivity index (χ0n) is 16.9. The lowest BCUT2D eigenvalue weighted by Crippen LogP contribution is -2.10. The number of fused-ring (bicyclic) bond motifs is 1. The lowest BCUT2D eigenvalue weighted by Gasteiger charge is -2.15. The van der Waals surface area contributed by atoms with Crippen molar-refractivity contribution in [1.29, 1.82) is 5.26 Å². The maximum absolute atomic E-state index is 14.3. The van der Waals surface area contributed by atoms with Gasteiger partial charge in [-0.05, 0) is 48.9 Å². The molecule has 1 N–H and O–H groups in total. The van der Waals surface area contributed by atoms with E-state index in [2.05, 4.69) is 9.71 Å². The molecule has 4 aromatic rings. The van der Waals surface area contributed by atoms with Gasteiger partial charge >= 0.3 is 0 Å². The van der Waals surface area contributed by atoms with Crippen LogP contribution in [0, 0.1) is 17.1 Å². The minimum absolute atomic E-state index is 0.0195. The van der Waals surface area contributed by atoms with Crippen molar-refractivity contribution in [2.45, 2.75) is 13.0 Å². The van der Waals surface area contributed by atoms with Crippen molar-refractivity contribution in [3.8, 4) is 17.2 Å². The van der Waals surface area contributed by atoms with Crippen molar-refractivity contribution in [3.05, 3.63) is 84.1 Å². The van der Waals surface area contributed by atoms with Crippen LogP contribution in [0.2, 0.25) is 0 Å². The maximum Gasteiger partial charge on any atom is 0.229 e. The van der Waals surface area contributed by atoms with Crippen LogP contribution in [-0.4, -0.2) is 24.2 Å². The summed E-state index contributed by atoms with van der Waals surface area (Å²) in [5, 5.41) is 9.85. The molecule has 8 heteroatoms. The molecule has 0 aliphatic rings. The Morgan fingerprint density at radius 1 is 1.16 bits per heavy atom. The molecule has 4 rings (SSSR count). The summed E-state index contributed by atoms with van der Waals surface area (Å²) in [7, 11) is -3.44. The molecule has 0 aliphatic heterocycles. The quantitative estimate of drug-likeness (QED) is 0.493. The Morgan fingerprint density at radius 3 is 2.61 bits per heavy atom. The fourth-order valence-corrected chi connectivity index (χ4v) is 4.17. The first-order valence-corrected chi connectivity index (χ1v) is 11.4. The number of hydrogen-bond acceptors (Lipinski definition) is 4. The zero-order chi connectivity index (χ0) is 22.2. The van der Waals surface area contributed by atoms with Crippen molar-refractivity contribution in [2.24, 2.45) is 0 Å². The van der Waals surface area contributed by atoms with Gasteiger partial charge in [0.25, 0.3) is 0 Å². The molecule has 156 valence electrons. The van der Waals surface area contributed by atoms with E-state index < -0.39 is 15.8 Å². The second-order valence-corrected chi connectivity index (χ2v) is 9.04.